The maximum absolute atomic E-state index is 11.3. The van der Waals surface area contributed by atoms with Gasteiger partial charge in [-0.3, -0.25) is 0 Å². The third-order valence-corrected chi connectivity index (χ3v) is 4.32. The van der Waals surface area contributed by atoms with Gasteiger partial charge >= 0.3 is 5.97 Å². The van der Waals surface area contributed by atoms with Crippen LogP contribution in [0.4, 0.5) is 0 Å². The predicted molar refractivity (Wildman–Crippen MR) is 76.3 cm³/mol. The van der Waals surface area contributed by atoms with Crippen molar-refractivity contribution in [2.75, 3.05) is 0 Å². The van der Waals surface area contributed by atoms with E-state index in [1.54, 1.807) is 0 Å². The van der Waals surface area contributed by atoms with Gasteiger partial charge in [-0.2, -0.15) is 0 Å². The molecule has 0 saturated heterocycles. The Balaban J connectivity index is 2.55. The monoisotopic (exact) mass is 325 g/mol. The zero-order valence-corrected chi connectivity index (χ0v) is 12.4. The number of aromatic nitrogens is 1. The molecule has 0 unspecified atom stereocenters. The number of halogens is 1. The van der Waals surface area contributed by atoms with Crippen molar-refractivity contribution in [2.45, 2.75) is 19.8 Å². The molecule has 1 aromatic heterocycles. The number of aromatic carboxylic acids is 1. The Bertz CT molecular complexity index is 575. The highest BCUT2D eigenvalue weighted by Gasteiger charge is 2.19. The number of rotatable bonds is 3. The van der Waals surface area contributed by atoms with Gasteiger partial charge in [0.2, 0.25) is 0 Å². The predicted octanol–water partition coefficient (Wildman–Crippen LogP) is 4.39. The first-order chi connectivity index (χ1) is 8.49. The molecular formula is C13H12BrNO2S. The summed E-state index contributed by atoms with van der Waals surface area (Å²) in [5.74, 6) is -0.686. The number of nitrogens with zero attached hydrogens (tertiary/aromatic N) is 1. The standard InChI is InChI=1S/C13H12BrNO2S/c1-7(2)12-15-10(11(18-12)13(16)17)8-3-5-9(14)6-4-8/h3-7H,1-2H3,(H,16,17). The number of carbonyl (C=O) groups is 1. The summed E-state index contributed by atoms with van der Waals surface area (Å²) in [6.07, 6.45) is 0. The van der Waals surface area contributed by atoms with Crippen LogP contribution in [-0.4, -0.2) is 16.1 Å². The van der Waals surface area contributed by atoms with Crippen LogP contribution in [0.3, 0.4) is 0 Å². The van der Waals surface area contributed by atoms with Crippen LogP contribution in [-0.2, 0) is 0 Å². The minimum atomic E-state index is -0.919. The molecule has 1 heterocycles. The lowest BCUT2D eigenvalue weighted by Gasteiger charge is -1.99. The average molecular weight is 326 g/mol. The molecule has 1 aromatic carbocycles. The Morgan fingerprint density at radius 2 is 1.94 bits per heavy atom. The lowest BCUT2D eigenvalue weighted by atomic mass is 10.1. The van der Waals surface area contributed by atoms with Gasteiger partial charge in [0.1, 0.15) is 4.88 Å². The number of benzene rings is 1. The third-order valence-electron chi connectivity index (χ3n) is 2.45. The van der Waals surface area contributed by atoms with Crippen LogP contribution >= 0.6 is 27.3 Å². The second kappa shape index (κ2) is 5.20. The first-order valence-corrected chi connectivity index (χ1v) is 7.10. The largest absolute Gasteiger partial charge is 0.477 e. The summed E-state index contributed by atoms with van der Waals surface area (Å²) in [6, 6.07) is 7.51. The van der Waals surface area contributed by atoms with E-state index in [0.29, 0.717) is 10.6 Å². The van der Waals surface area contributed by atoms with Gasteiger partial charge < -0.3 is 5.11 Å². The van der Waals surface area contributed by atoms with Crippen molar-refractivity contribution in [2.24, 2.45) is 0 Å². The average Bonchev–Trinajstić information content (AvgIpc) is 2.75. The van der Waals surface area contributed by atoms with Crippen molar-refractivity contribution in [1.82, 2.24) is 4.98 Å². The zero-order valence-electron chi connectivity index (χ0n) is 9.98. The molecule has 18 heavy (non-hydrogen) atoms. The topological polar surface area (TPSA) is 50.2 Å². The van der Waals surface area contributed by atoms with Gasteiger partial charge in [0, 0.05) is 16.0 Å². The van der Waals surface area contributed by atoms with Crippen LogP contribution in [0.2, 0.25) is 0 Å². The number of hydrogen-bond donors (Lipinski definition) is 1. The number of thiazole rings is 1. The second-order valence-electron chi connectivity index (χ2n) is 4.20. The van der Waals surface area contributed by atoms with E-state index in [1.807, 2.05) is 38.1 Å². The fourth-order valence-corrected chi connectivity index (χ4v) is 2.73. The molecule has 2 rings (SSSR count). The maximum atomic E-state index is 11.3. The van der Waals surface area contributed by atoms with Crippen LogP contribution in [0.25, 0.3) is 11.3 Å². The quantitative estimate of drug-likeness (QED) is 0.910. The van der Waals surface area contributed by atoms with E-state index in [1.165, 1.54) is 11.3 Å². The summed E-state index contributed by atoms with van der Waals surface area (Å²) in [7, 11) is 0. The van der Waals surface area contributed by atoms with Gasteiger partial charge in [-0.05, 0) is 12.1 Å². The van der Waals surface area contributed by atoms with Crippen LogP contribution in [0, 0.1) is 0 Å². The summed E-state index contributed by atoms with van der Waals surface area (Å²) in [5, 5.41) is 10.1. The van der Waals surface area contributed by atoms with Crippen molar-refractivity contribution >= 4 is 33.2 Å². The molecule has 0 atom stereocenters. The fourth-order valence-electron chi connectivity index (χ4n) is 1.53. The molecule has 3 nitrogen and oxygen atoms in total. The first kappa shape index (κ1) is 13.2. The molecule has 0 saturated carbocycles. The zero-order chi connectivity index (χ0) is 13.3. The van der Waals surface area contributed by atoms with E-state index < -0.39 is 5.97 Å². The molecule has 2 aromatic rings. The van der Waals surface area contributed by atoms with Crippen molar-refractivity contribution in [3.63, 3.8) is 0 Å². The fraction of sp³-hybridized carbons (Fsp3) is 0.231. The van der Waals surface area contributed by atoms with E-state index in [0.717, 1.165) is 15.0 Å². The summed E-state index contributed by atoms with van der Waals surface area (Å²) >= 11 is 4.61. The highest BCUT2D eigenvalue weighted by molar-refractivity contribution is 9.10. The SMILES string of the molecule is CC(C)c1nc(-c2ccc(Br)cc2)c(C(=O)O)s1. The summed E-state index contributed by atoms with van der Waals surface area (Å²) in [4.78, 5) is 16.0. The molecule has 0 bridgehead atoms. The maximum Gasteiger partial charge on any atom is 0.348 e. The molecule has 0 spiro atoms. The minimum Gasteiger partial charge on any atom is -0.477 e. The Kier molecular flexibility index (Phi) is 3.82. The third kappa shape index (κ3) is 2.62. The van der Waals surface area contributed by atoms with E-state index in [2.05, 4.69) is 20.9 Å². The Morgan fingerprint density at radius 3 is 2.44 bits per heavy atom. The van der Waals surface area contributed by atoms with Crippen LogP contribution < -0.4 is 0 Å². The van der Waals surface area contributed by atoms with Gasteiger partial charge in [0.25, 0.3) is 0 Å². The molecule has 0 amide bonds. The van der Waals surface area contributed by atoms with E-state index in [9.17, 15) is 9.90 Å². The second-order valence-corrected chi connectivity index (χ2v) is 6.14. The Morgan fingerprint density at radius 1 is 1.33 bits per heavy atom. The van der Waals surface area contributed by atoms with Crippen LogP contribution in [0.5, 0.6) is 0 Å². The van der Waals surface area contributed by atoms with Gasteiger partial charge in [-0.25, -0.2) is 9.78 Å². The molecule has 5 heteroatoms. The minimum absolute atomic E-state index is 0.234. The van der Waals surface area contributed by atoms with Crippen molar-refractivity contribution in [1.29, 1.82) is 0 Å². The van der Waals surface area contributed by atoms with Gasteiger partial charge in [-0.15, -0.1) is 11.3 Å². The van der Waals surface area contributed by atoms with Crippen LogP contribution in [0.1, 0.15) is 34.4 Å². The molecule has 1 N–H and O–H groups in total. The molecule has 0 aliphatic carbocycles. The van der Waals surface area contributed by atoms with Gasteiger partial charge in [0.15, 0.2) is 0 Å². The van der Waals surface area contributed by atoms with E-state index >= 15 is 0 Å². The Hall–Kier alpha value is -1.20. The smallest absolute Gasteiger partial charge is 0.348 e. The van der Waals surface area contributed by atoms with Crippen molar-refractivity contribution in [3.05, 3.63) is 38.6 Å². The van der Waals surface area contributed by atoms with Crippen molar-refractivity contribution < 1.29 is 9.90 Å². The summed E-state index contributed by atoms with van der Waals surface area (Å²) < 4.78 is 0.961. The molecule has 0 radical (unpaired) electrons. The molecule has 0 aliphatic rings. The Labute approximate surface area is 118 Å². The summed E-state index contributed by atoms with van der Waals surface area (Å²) in [6.45, 7) is 4.02. The van der Waals surface area contributed by atoms with Crippen molar-refractivity contribution in [3.8, 4) is 11.3 Å². The lowest BCUT2D eigenvalue weighted by Crippen LogP contribution is -1.95. The highest BCUT2D eigenvalue weighted by atomic mass is 79.9. The molecule has 94 valence electrons. The number of hydrogen-bond acceptors (Lipinski definition) is 3. The van der Waals surface area contributed by atoms with E-state index in [4.69, 9.17) is 0 Å². The van der Waals surface area contributed by atoms with E-state index in [-0.39, 0.29) is 5.92 Å². The highest BCUT2D eigenvalue weighted by Crippen LogP contribution is 2.32. The first-order valence-electron chi connectivity index (χ1n) is 5.49. The van der Waals surface area contributed by atoms with Crippen LogP contribution in [0.15, 0.2) is 28.7 Å². The number of carboxylic acids is 1. The molecule has 0 fully saturated rings. The molecular weight excluding hydrogens is 314 g/mol. The number of carboxylic acid groups (broad SMARTS) is 1. The molecule has 0 aliphatic heterocycles. The van der Waals surface area contributed by atoms with Gasteiger partial charge in [-0.1, -0.05) is 41.9 Å². The van der Waals surface area contributed by atoms with Gasteiger partial charge in [0.05, 0.1) is 10.7 Å². The lowest BCUT2D eigenvalue weighted by molar-refractivity contribution is 0.0702. The normalized spacial score (nSPS) is 10.9. The summed E-state index contributed by atoms with van der Waals surface area (Å²) in [5.41, 5.74) is 1.39.